The first-order valence-electron chi connectivity index (χ1n) is 4.01. The molecule has 2 N–H and O–H groups in total. The quantitative estimate of drug-likeness (QED) is 0.673. The van der Waals surface area contributed by atoms with Crippen molar-refractivity contribution < 1.29 is 22.0 Å². The van der Waals surface area contributed by atoms with E-state index in [1.807, 2.05) is 0 Å². The molecule has 0 saturated heterocycles. The predicted octanol–water partition coefficient (Wildman–Crippen LogP) is 3.26. The Morgan fingerprint density at radius 2 is 1.94 bits per heavy atom. The van der Waals surface area contributed by atoms with Crippen molar-refractivity contribution in [1.82, 2.24) is 4.98 Å². The molecule has 0 atom stereocenters. The molecule has 0 aliphatic carbocycles. The summed E-state index contributed by atoms with van der Waals surface area (Å²) in [6.07, 6.45) is -7.63. The zero-order valence-corrected chi connectivity index (χ0v) is 9.24. The normalized spacial score (nSPS) is 12.2. The minimum Gasteiger partial charge on any atom is -0.326 e. The highest BCUT2D eigenvalue weighted by Crippen LogP contribution is 2.39. The van der Waals surface area contributed by atoms with Crippen LogP contribution in [-0.4, -0.2) is 4.98 Å². The van der Waals surface area contributed by atoms with Gasteiger partial charge in [-0.15, -0.1) is 0 Å². The van der Waals surface area contributed by atoms with E-state index >= 15 is 0 Å². The van der Waals surface area contributed by atoms with E-state index in [1.54, 1.807) is 0 Å². The fourth-order valence-corrected chi connectivity index (χ4v) is 1.70. The number of aromatic nitrogens is 1. The Morgan fingerprint density at radius 1 is 1.38 bits per heavy atom. The average Bonchev–Trinajstić information content (AvgIpc) is 2.15. The maximum absolute atomic E-state index is 12.6. The van der Waals surface area contributed by atoms with Crippen molar-refractivity contribution in [1.29, 1.82) is 0 Å². The van der Waals surface area contributed by atoms with Gasteiger partial charge < -0.3 is 5.73 Å². The van der Waals surface area contributed by atoms with Gasteiger partial charge in [-0.3, -0.25) is 0 Å². The molecular formula is C8H6BrF5N2. The van der Waals surface area contributed by atoms with Gasteiger partial charge in [-0.2, -0.15) is 13.2 Å². The highest BCUT2D eigenvalue weighted by molar-refractivity contribution is 9.10. The van der Waals surface area contributed by atoms with Gasteiger partial charge in [0.15, 0.2) is 0 Å². The van der Waals surface area contributed by atoms with Gasteiger partial charge in [-0.05, 0) is 15.9 Å². The summed E-state index contributed by atoms with van der Waals surface area (Å²) in [5.74, 6) is 0. The molecule has 0 unspecified atom stereocenters. The molecule has 0 bridgehead atoms. The van der Waals surface area contributed by atoms with Crippen LogP contribution in [0.1, 0.15) is 23.1 Å². The van der Waals surface area contributed by atoms with Crippen molar-refractivity contribution in [3.8, 4) is 0 Å². The number of alkyl halides is 5. The second-order valence-electron chi connectivity index (χ2n) is 2.86. The highest BCUT2D eigenvalue weighted by atomic mass is 79.9. The molecule has 16 heavy (non-hydrogen) atoms. The monoisotopic (exact) mass is 304 g/mol. The number of hydrogen-bond acceptors (Lipinski definition) is 2. The third kappa shape index (κ3) is 2.49. The summed E-state index contributed by atoms with van der Waals surface area (Å²) in [7, 11) is 0. The molecule has 0 aliphatic rings. The zero-order valence-electron chi connectivity index (χ0n) is 7.65. The SMILES string of the molecule is NCc1c(Br)ncc(C(F)F)c1C(F)(F)F. The molecule has 0 fully saturated rings. The summed E-state index contributed by atoms with van der Waals surface area (Å²) in [5, 5.41) is 0. The van der Waals surface area contributed by atoms with Crippen LogP contribution in [0, 0.1) is 0 Å². The molecule has 1 rings (SSSR count). The van der Waals surface area contributed by atoms with Gasteiger partial charge in [0.25, 0.3) is 6.43 Å². The first-order valence-corrected chi connectivity index (χ1v) is 4.81. The van der Waals surface area contributed by atoms with Gasteiger partial charge in [0.2, 0.25) is 0 Å². The van der Waals surface area contributed by atoms with Gasteiger partial charge >= 0.3 is 6.18 Å². The summed E-state index contributed by atoms with van der Waals surface area (Å²) in [6.45, 7) is -0.525. The summed E-state index contributed by atoms with van der Waals surface area (Å²) in [4.78, 5) is 3.40. The van der Waals surface area contributed by atoms with Crippen LogP contribution < -0.4 is 5.73 Å². The second-order valence-corrected chi connectivity index (χ2v) is 3.61. The maximum Gasteiger partial charge on any atom is 0.417 e. The molecule has 1 aromatic heterocycles. The van der Waals surface area contributed by atoms with Crippen LogP contribution in [0.15, 0.2) is 10.8 Å². The molecule has 0 aliphatic heterocycles. The number of halogens is 6. The predicted molar refractivity (Wildman–Crippen MR) is 49.8 cm³/mol. The third-order valence-electron chi connectivity index (χ3n) is 1.88. The summed E-state index contributed by atoms with van der Waals surface area (Å²) in [5.41, 5.74) is 2.07. The second kappa shape index (κ2) is 4.62. The molecule has 8 heteroatoms. The Kier molecular flexibility index (Phi) is 3.84. The first-order chi connectivity index (χ1) is 7.29. The molecule has 2 nitrogen and oxygen atoms in total. The van der Waals surface area contributed by atoms with Crippen molar-refractivity contribution in [3.05, 3.63) is 27.5 Å². The van der Waals surface area contributed by atoms with Crippen LogP contribution in [0.3, 0.4) is 0 Å². The summed E-state index contributed by atoms with van der Waals surface area (Å²) < 4.78 is 62.4. The van der Waals surface area contributed by atoms with Gasteiger partial charge in [-0.25, -0.2) is 13.8 Å². The lowest BCUT2D eigenvalue weighted by molar-refractivity contribution is -0.140. The minimum atomic E-state index is -4.88. The molecule has 1 heterocycles. The molecule has 0 amide bonds. The molecule has 90 valence electrons. The molecule has 1 aromatic rings. The number of nitrogens with zero attached hydrogens (tertiary/aromatic N) is 1. The van der Waals surface area contributed by atoms with E-state index in [2.05, 4.69) is 20.9 Å². The Hall–Kier alpha value is -0.760. The van der Waals surface area contributed by atoms with E-state index < -0.39 is 35.8 Å². The third-order valence-corrected chi connectivity index (χ3v) is 2.56. The van der Waals surface area contributed by atoms with Crippen LogP contribution in [-0.2, 0) is 12.7 Å². The minimum absolute atomic E-state index is 0.174. The highest BCUT2D eigenvalue weighted by Gasteiger charge is 2.39. The fraction of sp³-hybridized carbons (Fsp3) is 0.375. The van der Waals surface area contributed by atoms with Crippen molar-refractivity contribution >= 4 is 15.9 Å². The van der Waals surface area contributed by atoms with Crippen molar-refractivity contribution in [3.63, 3.8) is 0 Å². The lowest BCUT2D eigenvalue weighted by atomic mass is 10.0. The number of pyridine rings is 1. The van der Waals surface area contributed by atoms with Crippen LogP contribution in [0.4, 0.5) is 22.0 Å². The van der Waals surface area contributed by atoms with E-state index in [1.165, 1.54) is 0 Å². The summed E-state index contributed by atoms with van der Waals surface area (Å²) in [6, 6.07) is 0. The Bertz CT molecular complexity index is 391. The number of hydrogen-bond donors (Lipinski definition) is 1. The van der Waals surface area contributed by atoms with Crippen LogP contribution in [0.2, 0.25) is 0 Å². The largest absolute Gasteiger partial charge is 0.417 e. The molecule has 0 spiro atoms. The van der Waals surface area contributed by atoms with Crippen molar-refractivity contribution in [2.45, 2.75) is 19.1 Å². The molecule has 0 radical (unpaired) electrons. The van der Waals surface area contributed by atoms with Gasteiger partial charge in [0.05, 0.1) is 5.56 Å². The average molecular weight is 305 g/mol. The van der Waals surface area contributed by atoms with Crippen molar-refractivity contribution in [2.24, 2.45) is 5.73 Å². The lowest BCUT2D eigenvalue weighted by Crippen LogP contribution is -2.17. The zero-order chi connectivity index (χ0) is 12.5. The lowest BCUT2D eigenvalue weighted by Gasteiger charge is -2.16. The van der Waals surface area contributed by atoms with E-state index in [-0.39, 0.29) is 4.60 Å². The smallest absolute Gasteiger partial charge is 0.326 e. The maximum atomic E-state index is 12.6. The standard InChI is InChI=1S/C8H6BrF5N2/c9-6-3(1-15)5(8(12,13)14)4(2-16-6)7(10)11/h2,7H,1,15H2. The van der Waals surface area contributed by atoms with E-state index in [0.717, 1.165) is 0 Å². The Labute approximate surface area is 95.8 Å². The molecule has 0 saturated carbocycles. The Balaban J connectivity index is 3.54. The van der Waals surface area contributed by atoms with Crippen LogP contribution in [0.5, 0.6) is 0 Å². The van der Waals surface area contributed by atoms with Gasteiger partial charge in [-0.1, -0.05) is 0 Å². The van der Waals surface area contributed by atoms with Crippen LogP contribution in [0.25, 0.3) is 0 Å². The number of rotatable bonds is 2. The van der Waals surface area contributed by atoms with E-state index in [9.17, 15) is 22.0 Å². The molecule has 0 aromatic carbocycles. The fourth-order valence-electron chi connectivity index (χ4n) is 1.23. The van der Waals surface area contributed by atoms with Crippen LogP contribution >= 0.6 is 15.9 Å². The van der Waals surface area contributed by atoms with Crippen molar-refractivity contribution in [2.75, 3.05) is 0 Å². The number of nitrogens with two attached hydrogens (primary N) is 1. The van der Waals surface area contributed by atoms with Gasteiger partial charge in [0.1, 0.15) is 4.60 Å². The van der Waals surface area contributed by atoms with Gasteiger partial charge in [0, 0.05) is 23.9 Å². The topological polar surface area (TPSA) is 38.9 Å². The van der Waals surface area contributed by atoms with E-state index in [4.69, 9.17) is 5.73 Å². The summed E-state index contributed by atoms with van der Waals surface area (Å²) >= 11 is 2.75. The first kappa shape index (κ1) is 13.3. The Morgan fingerprint density at radius 3 is 2.31 bits per heavy atom. The van der Waals surface area contributed by atoms with E-state index in [0.29, 0.717) is 6.20 Å². The molecular weight excluding hydrogens is 299 g/mol.